The molecule has 0 unspecified atom stereocenters. The van der Waals surface area contributed by atoms with Crippen LogP contribution < -0.4 is 9.88 Å². The highest BCUT2D eigenvalue weighted by Crippen LogP contribution is 2.24. The van der Waals surface area contributed by atoms with Crippen molar-refractivity contribution in [3.05, 3.63) is 23.8 Å². The molecule has 0 radical (unpaired) electrons. The first-order valence-electron chi connectivity index (χ1n) is 5.09. The molecule has 1 aromatic carbocycles. The number of hydrogen-bond donors (Lipinski definition) is 1. The SMILES string of the molecule is CCOCCOc1ccc(S(N)(=O)=O)c(F)c1F. The first-order valence-corrected chi connectivity index (χ1v) is 6.64. The van der Waals surface area contributed by atoms with E-state index in [0.29, 0.717) is 6.61 Å². The molecule has 2 N–H and O–H groups in total. The lowest BCUT2D eigenvalue weighted by molar-refractivity contribution is 0.108. The summed E-state index contributed by atoms with van der Waals surface area (Å²) in [7, 11) is -4.30. The molecule has 1 aromatic rings. The lowest BCUT2D eigenvalue weighted by Crippen LogP contribution is -2.15. The van der Waals surface area contributed by atoms with E-state index in [2.05, 4.69) is 0 Å². The van der Waals surface area contributed by atoms with Crippen LogP contribution in [0.5, 0.6) is 5.75 Å². The number of sulfonamides is 1. The summed E-state index contributed by atoms with van der Waals surface area (Å²) in [6, 6.07) is 1.86. The third-order valence-corrected chi connectivity index (χ3v) is 2.94. The van der Waals surface area contributed by atoms with Crippen molar-refractivity contribution in [3.8, 4) is 5.75 Å². The lowest BCUT2D eigenvalue weighted by atomic mass is 10.3. The Balaban J connectivity index is 2.88. The van der Waals surface area contributed by atoms with Crippen LogP contribution in [0.4, 0.5) is 8.78 Å². The predicted molar refractivity (Wildman–Crippen MR) is 59.7 cm³/mol. The zero-order valence-corrected chi connectivity index (χ0v) is 10.5. The Labute approximate surface area is 104 Å². The summed E-state index contributed by atoms with van der Waals surface area (Å²) in [4.78, 5) is -0.905. The molecular weight excluding hydrogens is 268 g/mol. The van der Waals surface area contributed by atoms with Gasteiger partial charge in [0, 0.05) is 6.61 Å². The smallest absolute Gasteiger partial charge is 0.241 e. The van der Waals surface area contributed by atoms with Crippen molar-refractivity contribution in [2.45, 2.75) is 11.8 Å². The Hall–Kier alpha value is -1.25. The maximum absolute atomic E-state index is 13.4. The minimum Gasteiger partial charge on any atom is -0.488 e. The molecule has 0 heterocycles. The normalized spacial score (nSPS) is 11.6. The van der Waals surface area contributed by atoms with Gasteiger partial charge in [0.1, 0.15) is 11.5 Å². The molecule has 0 aliphatic carbocycles. The van der Waals surface area contributed by atoms with Gasteiger partial charge in [-0.1, -0.05) is 0 Å². The minimum absolute atomic E-state index is 0.0267. The first kappa shape index (κ1) is 14.8. The Bertz CT molecular complexity index is 519. The number of benzene rings is 1. The predicted octanol–water partition coefficient (Wildman–Crippen LogP) is 1.03. The summed E-state index contributed by atoms with van der Waals surface area (Å²) < 4.78 is 58.5. The Kier molecular flexibility index (Phi) is 5.00. The summed E-state index contributed by atoms with van der Waals surface area (Å²) in [5, 5.41) is 4.72. The van der Waals surface area contributed by atoms with Gasteiger partial charge in [-0.05, 0) is 19.1 Å². The molecule has 18 heavy (non-hydrogen) atoms. The van der Waals surface area contributed by atoms with E-state index in [-0.39, 0.29) is 19.0 Å². The molecule has 0 spiro atoms. The average Bonchev–Trinajstić information content (AvgIpc) is 2.28. The molecular formula is C10H13F2NO4S. The second kappa shape index (κ2) is 6.07. The molecule has 0 amide bonds. The van der Waals surface area contributed by atoms with Gasteiger partial charge in [-0.2, -0.15) is 4.39 Å². The van der Waals surface area contributed by atoms with Gasteiger partial charge >= 0.3 is 0 Å². The summed E-state index contributed by atoms with van der Waals surface area (Å²) >= 11 is 0. The van der Waals surface area contributed by atoms with Crippen LogP contribution in [-0.2, 0) is 14.8 Å². The van der Waals surface area contributed by atoms with E-state index in [1.54, 1.807) is 6.92 Å². The number of primary sulfonamides is 1. The zero-order valence-electron chi connectivity index (χ0n) is 9.65. The van der Waals surface area contributed by atoms with Crippen LogP contribution in [-0.4, -0.2) is 28.2 Å². The molecule has 1 rings (SSSR count). The van der Waals surface area contributed by atoms with Gasteiger partial charge in [-0.15, -0.1) is 0 Å². The molecule has 0 aromatic heterocycles. The van der Waals surface area contributed by atoms with Crippen LogP contribution in [0.25, 0.3) is 0 Å². The summed E-state index contributed by atoms with van der Waals surface area (Å²) in [5.41, 5.74) is 0. The van der Waals surface area contributed by atoms with Gasteiger partial charge in [-0.25, -0.2) is 17.9 Å². The van der Waals surface area contributed by atoms with E-state index >= 15 is 0 Å². The maximum atomic E-state index is 13.4. The monoisotopic (exact) mass is 281 g/mol. The van der Waals surface area contributed by atoms with E-state index < -0.39 is 26.6 Å². The van der Waals surface area contributed by atoms with Crippen LogP contribution in [0.3, 0.4) is 0 Å². The fraction of sp³-hybridized carbons (Fsp3) is 0.400. The van der Waals surface area contributed by atoms with Crippen molar-refractivity contribution >= 4 is 10.0 Å². The molecule has 0 atom stereocenters. The number of nitrogens with two attached hydrogens (primary N) is 1. The Morgan fingerprint density at radius 1 is 1.22 bits per heavy atom. The molecule has 5 nitrogen and oxygen atoms in total. The molecule has 0 aliphatic heterocycles. The van der Waals surface area contributed by atoms with E-state index in [1.807, 2.05) is 0 Å². The number of rotatable bonds is 6. The lowest BCUT2D eigenvalue weighted by Gasteiger charge is -2.09. The largest absolute Gasteiger partial charge is 0.488 e. The highest BCUT2D eigenvalue weighted by atomic mass is 32.2. The molecule has 102 valence electrons. The van der Waals surface area contributed by atoms with Gasteiger partial charge in [0.25, 0.3) is 0 Å². The second-order valence-electron chi connectivity index (χ2n) is 3.28. The Morgan fingerprint density at radius 3 is 2.44 bits per heavy atom. The van der Waals surface area contributed by atoms with Gasteiger partial charge in [0.2, 0.25) is 15.8 Å². The number of ether oxygens (including phenoxy) is 2. The molecule has 0 saturated heterocycles. The standard InChI is InChI=1S/C10H13F2NO4S/c1-2-16-5-6-17-7-3-4-8(18(13,14)15)10(12)9(7)11/h3-4H,2,5-6H2,1H3,(H2,13,14,15). The van der Waals surface area contributed by atoms with Gasteiger partial charge in [0.05, 0.1) is 6.61 Å². The third kappa shape index (κ3) is 3.62. The van der Waals surface area contributed by atoms with Crippen molar-refractivity contribution in [1.82, 2.24) is 0 Å². The topological polar surface area (TPSA) is 78.6 Å². The average molecular weight is 281 g/mol. The van der Waals surface area contributed by atoms with Gasteiger partial charge < -0.3 is 9.47 Å². The van der Waals surface area contributed by atoms with Crippen LogP contribution in [0.1, 0.15) is 6.92 Å². The van der Waals surface area contributed by atoms with Crippen LogP contribution in [0, 0.1) is 11.6 Å². The van der Waals surface area contributed by atoms with Crippen molar-refractivity contribution < 1.29 is 26.7 Å². The van der Waals surface area contributed by atoms with Crippen molar-refractivity contribution in [3.63, 3.8) is 0 Å². The Morgan fingerprint density at radius 2 is 1.89 bits per heavy atom. The summed E-state index contributed by atoms with van der Waals surface area (Å²) in [6.07, 6.45) is 0. The number of hydrogen-bond acceptors (Lipinski definition) is 4. The fourth-order valence-electron chi connectivity index (χ4n) is 1.20. The molecule has 0 bridgehead atoms. The van der Waals surface area contributed by atoms with Gasteiger partial charge in [0.15, 0.2) is 11.6 Å². The highest BCUT2D eigenvalue weighted by molar-refractivity contribution is 7.89. The summed E-state index contributed by atoms with van der Waals surface area (Å²) in [6.45, 7) is 2.50. The fourth-order valence-corrected chi connectivity index (χ4v) is 1.80. The van der Waals surface area contributed by atoms with E-state index in [9.17, 15) is 17.2 Å². The maximum Gasteiger partial charge on any atom is 0.241 e. The van der Waals surface area contributed by atoms with E-state index in [0.717, 1.165) is 12.1 Å². The second-order valence-corrected chi connectivity index (χ2v) is 4.81. The third-order valence-electron chi connectivity index (χ3n) is 2.01. The number of halogens is 2. The zero-order chi connectivity index (χ0) is 13.8. The minimum atomic E-state index is -4.30. The van der Waals surface area contributed by atoms with E-state index in [4.69, 9.17) is 14.6 Å². The van der Waals surface area contributed by atoms with E-state index in [1.165, 1.54) is 0 Å². The molecule has 0 aliphatic rings. The quantitative estimate of drug-likeness (QED) is 0.790. The van der Waals surface area contributed by atoms with Crippen molar-refractivity contribution in [2.75, 3.05) is 19.8 Å². The first-order chi connectivity index (χ1) is 8.38. The van der Waals surface area contributed by atoms with Crippen molar-refractivity contribution in [2.24, 2.45) is 5.14 Å². The molecule has 0 saturated carbocycles. The van der Waals surface area contributed by atoms with Crippen molar-refractivity contribution in [1.29, 1.82) is 0 Å². The summed E-state index contributed by atoms with van der Waals surface area (Å²) in [5.74, 6) is -3.33. The van der Waals surface area contributed by atoms with Crippen LogP contribution in [0.2, 0.25) is 0 Å². The highest BCUT2D eigenvalue weighted by Gasteiger charge is 2.21. The van der Waals surface area contributed by atoms with Crippen LogP contribution in [0.15, 0.2) is 17.0 Å². The molecule has 0 fully saturated rings. The molecule has 8 heteroatoms. The van der Waals surface area contributed by atoms with Gasteiger partial charge in [-0.3, -0.25) is 0 Å². The van der Waals surface area contributed by atoms with Crippen LogP contribution >= 0.6 is 0 Å².